The van der Waals surface area contributed by atoms with Crippen molar-refractivity contribution >= 4 is 17.3 Å². The number of rotatable bonds is 2. The van der Waals surface area contributed by atoms with Crippen molar-refractivity contribution in [2.75, 3.05) is 18.5 Å². The smallest absolute Gasteiger partial charge is 0.162 e. The van der Waals surface area contributed by atoms with Crippen molar-refractivity contribution in [3.8, 4) is 0 Å². The van der Waals surface area contributed by atoms with E-state index in [0.717, 1.165) is 0 Å². The molecule has 5 heteroatoms. The van der Waals surface area contributed by atoms with E-state index in [9.17, 15) is 4.39 Å². The highest BCUT2D eigenvalue weighted by Gasteiger charge is 2.28. The van der Waals surface area contributed by atoms with E-state index in [4.69, 9.17) is 21.1 Å². The summed E-state index contributed by atoms with van der Waals surface area (Å²) in [5.74, 6) is -0.907. The molecule has 1 aliphatic rings. The molecule has 1 fully saturated rings. The van der Waals surface area contributed by atoms with Crippen LogP contribution in [0.25, 0.3) is 0 Å². The van der Waals surface area contributed by atoms with Crippen LogP contribution in [0.5, 0.6) is 0 Å². The first-order valence-corrected chi connectivity index (χ1v) is 5.83. The van der Waals surface area contributed by atoms with Crippen molar-refractivity contribution in [2.45, 2.75) is 25.7 Å². The second-order valence-electron chi connectivity index (χ2n) is 4.52. The third-order valence-corrected chi connectivity index (χ3v) is 2.72. The van der Waals surface area contributed by atoms with Crippen molar-refractivity contribution in [3.63, 3.8) is 0 Å². The number of benzene rings is 1. The van der Waals surface area contributed by atoms with Crippen LogP contribution in [0, 0.1) is 5.82 Å². The fourth-order valence-electron chi connectivity index (χ4n) is 1.65. The minimum absolute atomic E-state index is 0.000826. The Balaban J connectivity index is 1.97. The molecule has 1 aromatic rings. The molecule has 0 bridgehead atoms. The first kappa shape index (κ1) is 12.6. The first-order valence-electron chi connectivity index (χ1n) is 5.45. The molecule has 1 aromatic carbocycles. The lowest BCUT2D eigenvalue weighted by Gasteiger charge is -2.35. The van der Waals surface area contributed by atoms with Crippen LogP contribution in [-0.2, 0) is 9.47 Å². The standard InChI is InChI=1S/C12H15ClFNO2/c1-12(2)16-6-11(7-17-12)15-10-4-8(13)3-9(14)5-10/h3-5,11,15H,6-7H2,1-2H3. The van der Waals surface area contributed by atoms with Crippen LogP contribution < -0.4 is 5.32 Å². The predicted octanol–water partition coefficient (Wildman–Crippen LogP) is 3.04. The van der Waals surface area contributed by atoms with E-state index in [1.165, 1.54) is 12.1 Å². The van der Waals surface area contributed by atoms with Crippen LogP contribution in [-0.4, -0.2) is 25.0 Å². The van der Waals surface area contributed by atoms with Crippen LogP contribution in [0.15, 0.2) is 18.2 Å². The summed E-state index contributed by atoms with van der Waals surface area (Å²) in [5, 5.41) is 3.49. The Morgan fingerprint density at radius 3 is 2.53 bits per heavy atom. The summed E-state index contributed by atoms with van der Waals surface area (Å²) in [6, 6.07) is 4.33. The molecule has 0 saturated carbocycles. The number of nitrogens with one attached hydrogen (secondary N) is 1. The van der Waals surface area contributed by atoms with E-state index in [1.807, 2.05) is 13.8 Å². The molecule has 94 valence electrons. The summed E-state index contributed by atoms with van der Waals surface area (Å²) in [5.41, 5.74) is 0.631. The van der Waals surface area contributed by atoms with E-state index in [-0.39, 0.29) is 11.9 Å². The van der Waals surface area contributed by atoms with Gasteiger partial charge in [-0.15, -0.1) is 0 Å². The summed E-state index contributed by atoms with van der Waals surface area (Å²) in [7, 11) is 0. The van der Waals surface area contributed by atoms with Gasteiger partial charge in [0.15, 0.2) is 5.79 Å². The predicted molar refractivity (Wildman–Crippen MR) is 64.8 cm³/mol. The molecular formula is C12H15ClFNO2. The molecule has 0 spiro atoms. The highest BCUT2D eigenvalue weighted by molar-refractivity contribution is 6.30. The van der Waals surface area contributed by atoms with Crippen LogP contribution in [0.1, 0.15) is 13.8 Å². The lowest BCUT2D eigenvalue weighted by atomic mass is 10.2. The maximum atomic E-state index is 13.1. The third kappa shape index (κ3) is 3.56. The van der Waals surface area contributed by atoms with E-state index < -0.39 is 5.79 Å². The second-order valence-corrected chi connectivity index (χ2v) is 4.96. The van der Waals surface area contributed by atoms with Gasteiger partial charge in [-0.1, -0.05) is 11.6 Å². The molecule has 3 nitrogen and oxygen atoms in total. The zero-order valence-electron chi connectivity index (χ0n) is 9.80. The topological polar surface area (TPSA) is 30.5 Å². The molecule has 0 aromatic heterocycles. The highest BCUT2D eigenvalue weighted by Crippen LogP contribution is 2.22. The molecule has 2 rings (SSSR count). The van der Waals surface area contributed by atoms with Crippen molar-refractivity contribution in [1.29, 1.82) is 0 Å². The molecule has 0 aliphatic carbocycles. The Bertz CT molecular complexity index is 381. The number of ether oxygens (including phenoxy) is 2. The van der Waals surface area contributed by atoms with Crippen molar-refractivity contribution in [3.05, 3.63) is 29.0 Å². The Labute approximate surface area is 105 Å². The van der Waals surface area contributed by atoms with E-state index in [0.29, 0.717) is 23.9 Å². The minimum atomic E-state index is -0.544. The minimum Gasteiger partial charge on any atom is -0.378 e. The third-order valence-electron chi connectivity index (χ3n) is 2.50. The summed E-state index contributed by atoms with van der Waals surface area (Å²) in [6.07, 6.45) is 0. The average molecular weight is 260 g/mol. The fraction of sp³-hybridized carbons (Fsp3) is 0.500. The van der Waals surface area contributed by atoms with E-state index in [2.05, 4.69) is 5.32 Å². The first-order chi connectivity index (χ1) is 7.94. The van der Waals surface area contributed by atoms with Crippen LogP contribution >= 0.6 is 11.6 Å². The molecule has 1 heterocycles. The average Bonchev–Trinajstić information content (AvgIpc) is 2.20. The van der Waals surface area contributed by atoms with Gasteiger partial charge in [0, 0.05) is 10.7 Å². The number of hydrogen-bond donors (Lipinski definition) is 1. The van der Waals surface area contributed by atoms with Gasteiger partial charge in [0.05, 0.1) is 19.3 Å². The van der Waals surface area contributed by atoms with E-state index >= 15 is 0 Å². The van der Waals surface area contributed by atoms with Gasteiger partial charge in [0.25, 0.3) is 0 Å². The van der Waals surface area contributed by atoms with E-state index in [1.54, 1.807) is 6.07 Å². The Kier molecular flexibility index (Phi) is 3.56. The van der Waals surface area contributed by atoms with Crippen molar-refractivity contribution in [1.82, 2.24) is 0 Å². The number of halogens is 2. The Morgan fingerprint density at radius 2 is 1.94 bits per heavy atom. The van der Waals surface area contributed by atoms with Crippen LogP contribution in [0.4, 0.5) is 10.1 Å². The monoisotopic (exact) mass is 259 g/mol. The molecular weight excluding hydrogens is 245 g/mol. The van der Waals surface area contributed by atoms with Crippen LogP contribution in [0.3, 0.4) is 0 Å². The fourth-order valence-corrected chi connectivity index (χ4v) is 1.87. The number of hydrogen-bond acceptors (Lipinski definition) is 3. The van der Waals surface area contributed by atoms with Gasteiger partial charge >= 0.3 is 0 Å². The number of anilines is 1. The molecule has 1 saturated heterocycles. The maximum Gasteiger partial charge on any atom is 0.162 e. The molecule has 1 aliphatic heterocycles. The zero-order valence-corrected chi connectivity index (χ0v) is 10.6. The Hall–Kier alpha value is -0.840. The largest absolute Gasteiger partial charge is 0.378 e. The van der Waals surface area contributed by atoms with Crippen molar-refractivity contribution < 1.29 is 13.9 Å². The van der Waals surface area contributed by atoms with Gasteiger partial charge in [-0.2, -0.15) is 0 Å². The lowest BCUT2D eigenvalue weighted by molar-refractivity contribution is -0.247. The maximum absolute atomic E-state index is 13.1. The summed E-state index contributed by atoms with van der Waals surface area (Å²) < 4.78 is 24.1. The highest BCUT2D eigenvalue weighted by atomic mass is 35.5. The Morgan fingerprint density at radius 1 is 1.29 bits per heavy atom. The molecule has 0 atom stereocenters. The summed E-state index contributed by atoms with van der Waals surface area (Å²) >= 11 is 5.77. The zero-order chi connectivity index (χ0) is 12.5. The molecule has 0 radical (unpaired) electrons. The van der Waals surface area contributed by atoms with Gasteiger partial charge < -0.3 is 14.8 Å². The molecule has 0 unspecified atom stereocenters. The van der Waals surface area contributed by atoms with Crippen molar-refractivity contribution in [2.24, 2.45) is 0 Å². The SMILES string of the molecule is CC1(C)OCC(Nc2cc(F)cc(Cl)c2)CO1. The van der Waals surface area contributed by atoms with Gasteiger partial charge in [0.2, 0.25) is 0 Å². The second kappa shape index (κ2) is 4.80. The van der Waals surface area contributed by atoms with Crippen LogP contribution in [0.2, 0.25) is 5.02 Å². The normalized spacial score (nSPS) is 20.2. The quantitative estimate of drug-likeness (QED) is 0.886. The lowest BCUT2D eigenvalue weighted by Crippen LogP contribution is -2.45. The van der Waals surface area contributed by atoms with Gasteiger partial charge in [-0.25, -0.2) is 4.39 Å². The summed E-state index contributed by atoms with van der Waals surface area (Å²) in [4.78, 5) is 0. The van der Waals surface area contributed by atoms with Gasteiger partial charge in [-0.3, -0.25) is 0 Å². The molecule has 0 amide bonds. The molecule has 1 N–H and O–H groups in total. The summed E-state index contributed by atoms with van der Waals surface area (Å²) in [6.45, 7) is 4.76. The molecule has 17 heavy (non-hydrogen) atoms. The van der Waals surface area contributed by atoms with Gasteiger partial charge in [0.1, 0.15) is 5.82 Å². The van der Waals surface area contributed by atoms with Gasteiger partial charge in [-0.05, 0) is 32.0 Å².